The van der Waals surface area contributed by atoms with E-state index in [0.29, 0.717) is 23.0 Å². The van der Waals surface area contributed by atoms with Crippen molar-refractivity contribution in [1.82, 2.24) is 0 Å². The van der Waals surface area contributed by atoms with Crippen LogP contribution in [0.15, 0.2) is 118 Å². The fourth-order valence-electron chi connectivity index (χ4n) is 9.21. The number of benzene rings is 6. The molecule has 1 aromatic heterocycles. The summed E-state index contributed by atoms with van der Waals surface area (Å²) in [5.41, 5.74) is 10.2. The maximum absolute atomic E-state index is 7.80. The lowest BCUT2D eigenvalue weighted by Crippen LogP contribution is -2.20. The number of hydrogen-bond acceptors (Lipinski definition) is 6. The molecule has 0 aliphatic carbocycles. The summed E-state index contributed by atoms with van der Waals surface area (Å²) >= 11 is 0. The van der Waals surface area contributed by atoms with Crippen LogP contribution in [0.25, 0.3) is 33.1 Å². The predicted octanol–water partition coefficient (Wildman–Crippen LogP) is 21.9. The van der Waals surface area contributed by atoms with Crippen LogP contribution in [0.5, 0.6) is 23.0 Å². The Balaban J connectivity index is 1.69. The standard InChI is InChI=1S/C68H90O6P2/c1-61(2,3)43-35-49(57(53(39-43)65(13,14)15)71-75(69-47-31-27-25-28-32-47)70-48-33-29-26-30-34-48)50-36-44(62(4,5)6)40-54(66(16,17)18)58(50)72-76-73-59-51(37-45(63(7,8)9)41-55(59)67(19,20)21)52-38-46(64(10,11)12)42-56(60(52)74-76)68(22,23)24/h25-42H,1-24H3. The molecule has 0 bridgehead atoms. The second kappa shape index (κ2) is 20.6. The van der Waals surface area contributed by atoms with Crippen molar-refractivity contribution in [3.63, 3.8) is 0 Å². The minimum absolute atomic E-state index is 0.144. The van der Waals surface area contributed by atoms with Gasteiger partial charge in [0.2, 0.25) is 0 Å². The molecule has 0 saturated carbocycles. The van der Waals surface area contributed by atoms with E-state index in [2.05, 4.69) is 215 Å². The van der Waals surface area contributed by atoms with Crippen LogP contribution in [-0.4, -0.2) is 0 Å². The summed E-state index contributed by atoms with van der Waals surface area (Å²) in [4.78, 5) is 0. The van der Waals surface area contributed by atoms with Gasteiger partial charge in [0.15, 0.2) is 0 Å². The molecule has 0 radical (unpaired) electrons. The van der Waals surface area contributed by atoms with Crippen LogP contribution < -0.4 is 18.1 Å². The van der Waals surface area contributed by atoms with Gasteiger partial charge in [0, 0.05) is 44.2 Å². The second-order valence-electron chi connectivity index (χ2n) is 29.2. The Kier molecular flexibility index (Phi) is 15.8. The van der Waals surface area contributed by atoms with E-state index in [1.165, 1.54) is 11.1 Å². The fraction of sp³-hybridized carbons (Fsp3) is 0.471. The van der Waals surface area contributed by atoms with Crippen molar-refractivity contribution >= 4 is 38.8 Å². The molecule has 1 heterocycles. The lowest BCUT2D eigenvalue weighted by atomic mass is 9.75. The van der Waals surface area contributed by atoms with Gasteiger partial charge in [-0.3, -0.25) is 0 Å². The number of para-hydroxylation sites is 2. The Morgan fingerprint density at radius 3 is 0.961 bits per heavy atom. The van der Waals surface area contributed by atoms with Crippen molar-refractivity contribution in [3.05, 3.63) is 154 Å². The number of fused-ring (bicyclic) bond motifs is 3. The highest BCUT2D eigenvalue weighted by Crippen LogP contribution is 2.56. The monoisotopic (exact) mass is 1060 g/mol. The van der Waals surface area contributed by atoms with Crippen molar-refractivity contribution in [2.45, 2.75) is 209 Å². The van der Waals surface area contributed by atoms with E-state index < -0.39 is 27.7 Å². The fourth-order valence-corrected chi connectivity index (χ4v) is 11.4. The molecule has 0 amide bonds. The summed E-state index contributed by atoms with van der Waals surface area (Å²) in [5, 5.41) is 2.04. The van der Waals surface area contributed by atoms with Gasteiger partial charge in [0.25, 0.3) is 0 Å². The molecule has 0 saturated heterocycles. The zero-order valence-corrected chi connectivity index (χ0v) is 52.5. The summed E-state index contributed by atoms with van der Waals surface area (Å²) in [6, 6.07) is 38.2. The van der Waals surface area contributed by atoms with Gasteiger partial charge in [-0.2, -0.15) is 0 Å². The van der Waals surface area contributed by atoms with Crippen molar-refractivity contribution in [2.24, 2.45) is 0 Å². The Bertz CT molecular complexity index is 3120. The summed E-state index contributed by atoms with van der Waals surface area (Å²) in [5.74, 6) is 2.62. The average Bonchev–Trinajstić information content (AvgIpc) is 3.42. The second-order valence-corrected chi connectivity index (χ2v) is 31.2. The number of hydrogen-bond donors (Lipinski definition) is 0. The van der Waals surface area contributed by atoms with Crippen molar-refractivity contribution in [2.75, 3.05) is 0 Å². The molecule has 0 aliphatic rings. The van der Waals surface area contributed by atoms with Gasteiger partial charge in [-0.15, -0.1) is 0 Å². The molecule has 6 nitrogen and oxygen atoms in total. The molecule has 76 heavy (non-hydrogen) atoms. The van der Waals surface area contributed by atoms with E-state index in [1.54, 1.807) is 0 Å². The zero-order valence-electron chi connectivity index (χ0n) is 50.7. The van der Waals surface area contributed by atoms with Crippen LogP contribution in [0.3, 0.4) is 0 Å². The molecule has 7 rings (SSSR count). The Morgan fingerprint density at radius 2 is 0.632 bits per heavy atom. The third kappa shape index (κ3) is 13.2. The minimum atomic E-state index is -2.20. The highest BCUT2D eigenvalue weighted by Gasteiger charge is 2.36. The van der Waals surface area contributed by atoms with E-state index in [-0.39, 0.29) is 32.5 Å². The first-order valence-corrected chi connectivity index (χ1v) is 29.5. The molecular weight excluding hydrogens is 975 g/mol. The van der Waals surface area contributed by atoms with E-state index >= 15 is 0 Å². The first kappa shape index (κ1) is 58.5. The third-order valence-corrected chi connectivity index (χ3v) is 16.2. The molecule has 408 valence electrons. The molecule has 7 aromatic rings. The molecule has 0 unspecified atom stereocenters. The quantitative estimate of drug-likeness (QED) is 0.134. The van der Waals surface area contributed by atoms with Gasteiger partial charge < -0.3 is 26.5 Å². The van der Waals surface area contributed by atoms with Crippen LogP contribution >= 0.6 is 16.8 Å². The molecule has 8 heteroatoms. The first-order chi connectivity index (χ1) is 34.7. The van der Waals surface area contributed by atoms with Gasteiger partial charge in [-0.05, 0) is 114 Å². The molecule has 0 N–H and O–H groups in total. The lowest BCUT2D eigenvalue weighted by Gasteiger charge is -2.32. The van der Waals surface area contributed by atoms with E-state index in [4.69, 9.17) is 26.5 Å². The van der Waals surface area contributed by atoms with Crippen molar-refractivity contribution in [1.29, 1.82) is 0 Å². The van der Waals surface area contributed by atoms with Gasteiger partial charge >= 0.3 is 16.8 Å². The Morgan fingerprint density at radius 1 is 0.329 bits per heavy atom. The van der Waals surface area contributed by atoms with Crippen molar-refractivity contribution < 1.29 is 26.5 Å². The predicted molar refractivity (Wildman–Crippen MR) is 326 cm³/mol. The van der Waals surface area contributed by atoms with Crippen LogP contribution in [0.4, 0.5) is 0 Å². The highest BCUT2D eigenvalue weighted by molar-refractivity contribution is 7.43. The van der Waals surface area contributed by atoms with E-state index in [0.717, 1.165) is 66.4 Å². The van der Waals surface area contributed by atoms with Gasteiger partial charge in [0.1, 0.15) is 34.2 Å². The maximum Gasteiger partial charge on any atom is 0.530 e. The molecule has 6 aromatic carbocycles. The lowest BCUT2D eigenvalue weighted by molar-refractivity contribution is 0.382. The smallest absolute Gasteiger partial charge is 0.409 e. The summed E-state index contributed by atoms with van der Waals surface area (Å²) in [7, 11) is -4.28. The zero-order chi connectivity index (χ0) is 56.5. The molecule has 0 spiro atoms. The average molecular weight is 1070 g/mol. The van der Waals surface area contributed by atoms with Gasteiger partial charge in [-0.25, -0.2) is 0 Å². The molecule has 0 atom stereocenters. The third-order valence-electron chi connectivity index (χ3n) is 14.1. The summed E-state index contributed by atoms with van der Waals surface area (Å²) in [6.45, 7) is 54.5. The Labute approximate surface area is 460 Å². The van der Waals surface area contributed by atoms with Gasteiger partial charge in [-0.1, -0.05) is 227 Å². The maximum atomic E-state index is 7.80. The molecule has 0 fully saturated rings. The van der Waals surface area contributed by atoms with E-state index in [9.17, 15) is 0 Å². The van der Waals surface area contributed by atoms with Crippen LogP contribution in [0.1, 0.15) is 211 Å². The number of rotatable bonds is 9. The van der Waals surface area contributed by atoms with Crippen molar-refractivity contribution in [3.8, 4) is 34.1 Å². The topological polar surface area (TPSA) is 63.2 Å². The van der Waals surface area contributed by atoms with E-state index in [1.807, 2.05) is 60.7 Å². The summed E-state index contributed by atoms with van der Waals surface area (Å²) < 4.78 is 43.9. The first-order valence-electron chi connectivity index (χ1n) is 27.3. The minimum Gasteiger partial charge on any atom is -0.409 e. The normalized spacial score (nSPS) is 13.4. The Hall–Kier alpha value is -5.15. The van der Waals surface area contributed by atoms with Crippen LogP contribution in [0.2, 0.25) is 0 Å². The molecular formula is C68H90O6P2. The largest absolute Gasteiger partial charge is 0.530 e. The van der Waals surface area contributed by atoms with Gasteiger partial charge in [0.05, 0.1) is 0 Å². The van der Waals surface area contributed by atoms with Crippen LogP contribution in [-0.2, 0) is 43.3 Å². The summed E-state index contributed by atoms with van der Waals surface area (Å²) in [6.07, 6.45) is 0. The SMILES string of the molecule is CC(C)(C)c1cc(-c2cc(C(C)(C)C)cc(C(C)(C)C)c2Op2oc3c(C(C)(C)C)cc(C(C)(C)C)cc3c3cc(C(C)(C)C)cc(C(C)(C)C)c3o2)c(OP(Oc2ccccc2)Oc2ccccc2)c(C(C)(C)C)c1. The van der Waals surface area contributed by atoms with Crippen LogP contribution in [0, 0.1) is 0 Å². The highest BCUT2D eigenvalue weighted by atomic mass is 31.2. The molecule has 0 aliphatic heterocycles.